The van der Waals surface area contributed by atoms with E-state index < -0.39 is 0 Å². The zero-order valence-electron chi connectivity index (χ0n) is 20.8. The number of rotatable bonds is 14. The molecule has 0 radical (unpaired) electrons. The predicted molar refractivity (Wildman–Crippen MR) is 134 cm³/mol. The third-order valence-corrected chi connectivity index (χ3v) is 7.14. The number of hydrogen-bond acceptors (Lipinski definition) is 6. The van der Waals surface area contributed by atoms with Crippen molar-refractivity contribution in [3.8, 4) is 11.5 Å². The number of epoxide rings is 2. The number of aryl methyl sites for hydroxylation is 1. The Bertz CT molecular complexity index is 913. The van der Waals surface area contributed by atoms with E-state index in [-0.39, 0.29) is 0 Å². The minimum atomic E-state index is 0.308. The van der Waals surface area contributed by atoms with Crippen LogP contribution in [0.2, 0.25) is 0 Å². The Hall–Kier alpha value is -2.12. The summed E-state index contributed by atoms with van der Waals surface area (Å²) in [4.78, 5) is 0. The molecule has 2 unspecified atom stereocenters. The molecule has 1 aliphatic carbocycles. The van der Waals surface area contributed by atoms with Gasteiger partial charge in [0.25, 0.3) is 0 Å². The molecule has 35 heavy (non-hydrogen) atoms. The Morgan fingerprint density at radius 3 is 1.80 bits per heavy atom. The molecule has 2 aliphatic heterocycles. The Kier molecular flexibility index (Phi) is 8.58. The van der Waals surface area contributed by atoms with Crippen LogP contribution in [0.4, 0.5) is 0 Å². The smallest absolute Gasteiger partial charge is 0.122 e. The molecule has 2 aromatic rings. The Labute approximate surface area is 208 Å². The second-order valence-electron chi connectivity index (χ2n) is 9.90. The van der Waals surface area contributed by atoms with Gasteiger partial charge in [0.2, 0.25) is 0 Å². The fraction of sp³-hybridized carbons (Fsp3) is 0.586. The monoisotopic (exact) mass is 482 g/mol. The Balaban J connectivity index is 1.02. The molecule has 5 rings (SSSR count). The predicted octanol–water partition coefficient (Wildman–Crippen LogP) is 5.02. The molecule has 0 amide bonds. The molecular weight excluding hydrogens is 444 g/mol. The summed E-state index contributed by atoms with van der Waals surface area (Å²) in [5.41, 5.74) is 4.07. The minimum Gasteiger partial charge on any atom is -0.491 e. The maximum absolute atomic E-state index is 5.93. The summed E-state index contributed by atoms with van der Waals surface area (Å²) in [5.74, 6) is 3.13. The average molecular weight is 483 g/mol. The fourth-order valence-corrected chi connectivity index (χ4v) is 4.87. The third kappa shape index (κ3) is 7.68. The second-order valence-corrected chi connectivity index (χ2v) is 9.90. The van der Waals surface area contributed by atoms with Crippen LogP contribution in [0.15, 0.2) is 42.5 Å². The molecule has 2 saturated heterocycles. The summed E-state index contributed by atoms with van der Waals surface area (Å²) in [5, 5.41) is 0. The normalized spacial score (nSPS) is 25.3. The lowest BCUT2D eigenvalue weighted by molar-refractivity contribution is 0.0876. The van der Waals surface area contributed by atoms with Gasteiger partial charge < -0.3 is 28.4 Å². The summed E-state index contributed by atoms with van der Waals surface area (Å²) in [7, 11) is 0. The molecular formula is C29H38O6. The van der Waals surface area contributed by atoms with Crippen LogP contribution in [0.5, 0.6) is 11.5 Å². The van der Waals surface area contributed by atoms with Gasteiger partial charge in [0, 0.05) is 0 Å². The van der Waals surface area contributed by atoms with E-state index in [1.165, 1.54) is 42.4 Å². The van der Waals surface area contributed by atoms with Gasteiger partial charge in [-0.15, -0.1) is 0 Å². The van der Waals surface area contributed by atoms with Gasteiger partial charge in [0.1, 0.15) is 36.9 Å². The van der Waals surface area contributed by atoms with Gasteiger partial charge in [-0.1, -0.05) is 24.3 Å². The summed E-state index contributed by atoms with van der Waals surface area (Å²) < 4.78 is 33.1. The van der Waals surface area contributed by atoms with Gasteiger partial charge in [0.05, 0.1) is 39.6 Å². The summed E-state index contributed by atoms with van der Waals surface area (Å²) >= 11 is 0. The highest BCUT2D eigenvalue weighted by Crippen LogP contribution is 2.41. The molecule has 6 nitrogen and oxygen atoms in total. The van der Waals surface area contributed by atoms with Gasteiger partial charge in [0.15, 0.2) is 0 Å². The minimum absolute atomic E-state index is 0.308. The fourth-order valence-electron chi connectivity index (χ4n) is 4.87. The van der Waals surface area contributed by atoms with Crippen molar-refractivity contribution in [1.29, 1.82) is 0 Å². The number of hydrogen-bond donors (Lipinski definition) is 0. The molecule has 0 spiro atoms. The van der Waals surface area contributed by atoms with Gasteiger partial charge in [-0.2, -0.15) is 0 Å². The van der Waals surface area contributed by atoms with E-state index >= 15 is 0 Å². The van der Waals surface area contributed by atoms with E-state index in [2.05, 4.69) is 49.4 Å². The summed E-state index contributed by atoms with van der Waals surface area (Å²) in [6, 6.07) is 15.3. The number of benzene rings is 2. The highest BCUT2D eigenvalue weighted by atomic mass is 16.6. The van der Waals surface area contributed by atoms with E-state index in [9.17, 15) is 0 Å². The SMILES string of the molecule is Cc1cc(C2CCC(c3ccc(OCCOCC4CO4)cc3)CC2)ccc1OCCOCC1CO1. The van der Waals surface area contributed by atoms with E-state index in [1.54, 1.807) is 0 Å². The third-order valence-electron chi connectivity index (χ3n) is 7.14. The first-order chi connectivity index (χ1) is 17.2. The number of ether oxygens (including phenoxy) is 6. The van der Waals surface area contributed by atoms with E-state index in [0.717, 1.165) is 24.7 Å². The summed E-state index contributed by atoms with van der Waals surface area (Å²) in [6.45, 7) is 7.50. The first-order valence-electron chi connectivity index (χ1n) is 13.1. The molecule has 0 N–H and O–H groups in total. The van der Waals surface area contributed by atoms with E-state index in [1.807, 2.05) is 0 Å². The first kappa shape index (κ1) is 24.6. The first-order valence-corrected chi connectivity index (χ1v) is 13.1. The maximum Gasteiger partial charge on any atom is 0.122 e. The van der Waals surface area contributed by atoms with Crippen molar-refractivity contribution in [1.82, 2.24) is 0 Å². The molecule has 190 valence electrons. The highest BCUT2D eigenvalue weighted by molar-refractivity contribution is 5.38. The van der Waals surface area contributed by atoms with Gasteiger partial charge in [-0.05, 0) is 79.3 Å². The van der Waals surface area contributed by atoms with Crippen LogP contribution < -0.4 is 9.47 Å². The van der Waals surface area contributed by atoms with Crippen LogP contribution in [-0.4, -0.2) is 65.1 Å². The molecule has 3 fully saturated rings. The lowest BCUT2D eigenvalue weighted by Crippen LogP contribution is -2.13. The highest BCUT2D eigenvalue weighted by Gasteiger charge is 2.25. The van der Waals surface area contributed by atoms with Crippen LogP contribution in [0.3, 0.4) is 0 Å². The maximum atomic E-state index is 5.93. The topological polar surface area (TPSA) is 62.0 Å². The van der Waals surface area contributed by atoms with Crippen molar-refractivity contribution >= 4 is 0 Å². The van der Waals surface area contributed by atoms with Crippen LogP contribution in [0.1, 0.15) is 54.2 Å². The molecule has 1 saturated carbocycles. The van der Waals surface area contributed by atoms with Crippen molar-refractivity contribution in [3.63, 3.8) is 0 Å². The zero-order valence-corrected chi connectivity index (χ0v) is 20.8. The van der Waals surface area contributed by atoms with Crippen LogP contribution in [0.25, 0.3) is 0 Å². The molecule has 3 aliphatic rings. The van der Waals surface area contributed by atoms with E-state index in [0.29, 0.717) is 63.7 Å². The molecule has 2 aromatic carbocycles. The zero-order chi connectivity index (χ0) is 23.9. The van der Waals surface area contributed by atoms with Crippen molar-refractivity contribution in [2.24, 2.45) is 0 Å². The molecule has 0 bridgehead atoms. The lowest BCUT2D eigenvalue weighted by Gasteiger charge is -2.29. The Morgan fingerprint density at radius 2 is 1.23 bits per heavy atom. The average Bonchev–Trinajstić information content (AvgIpc) is 3.81. The van der Waals surface area contributed by atoms with Crippen molar-refractivity contribution in [2.45, 2.75) is 56.7 Å². The molecule has 2 atom stereocenters. The van der Waals surface area contributed by atoms with Gasteiger partial charge >= 0.3 is 0 Å². The lowest BCUT2D eigenvalue weighted by atomic mass is 9.76. The van der Waals surface area contributed by atoms with Crippen LogP contribution in [0, 0.1) is 6.92 Å². The standard InChI is InChI=1S/C29H38O6/c1-21-16-25(8-11-29(21)33-15-13-31-18-28-20-35-28)24-4-2-22(3-5-24)23-6-9-26(10-7-23)32-14-12-30-17-27-19-34-27/h6-11,16,22,24,27-28H,2-5,12-15,17-20H2,1H3. The van der Waals surface area contributed by atoms with Crippen molar-refractivity contribution in [3.05, 3.63) is 59.2 Å². The molecule has 2 heterocycles. The summed E-state index contributed by atoms with van der Waals surface area (Å²) in [6.07, 6.45) is 5.51. The second kappa shape index (κ2) is 12.2. The quantitative estimate of drug-likeness (QED) is 0.278. The largest absolute Gasteiger partial charge is 0.491 e. The molecule has 0 aromatic heterocycles. The van der Waals surface area contributed by atoms with Crippen molar-refractivity contribution in [2.75, 3.05) is 52.9 Å². The van der Waals surface area contributed by atoms with Gasteiger partial charge in [-0.3, -0.25) is 0 Å². The van der Waals surface area contributed by atoms with Crippen LogP contribution >= 0.6 is 0 Å². The van der Waals surface area contributed by atoms with Crippen LogP contribution in [-0.2, 0) is 18.9 Å². The van der Waals surface area contributed by atoms with Gasteiger partial charge in [-0.25, -0.2) is 0 Å². The van der Waals surface area contributed by atoms with E-state index in [4.69, 9.17) is 28.4 Å². The van der Waals surface area contributed by atoms with Crippen molar-refractivity contribution < 1.29 is 28.4 Å². The Morgan fingerprint density at radius 1 is 0.686 bits per heavy atom. The molecule has 6 heteroatoms.